The maximum absolute atomic E-state index is 11.3. The Morgan fingerprint density at radius 2 is 2.07 bits per heavy atom. The number of methoxy groups -OCH3 is 1. The van der Waals surface area contributed by atoms with Gasteiger partial charge in [-0.3, -0.25) is 4.79 Å². The molecular weight excluding hydrogens is 184 g/mol. The van der Waals surface area contributed by atoms with Gasteiger partial charge in [-0.25, -0.2) is 0 Å². The van der Waals surface area contributed by atoms with Crippen LogP contribution in [0.5, 0.6) is 5.88 Å². The largest absolute Gasteiger partial charge is 0.493 e. The predicted molar refractivity (Wildman–Crippen MR) is 51.3 cm³/mol. The summed E-state index contributed by atoms with van der Waals surface area (Å²) >= 11 is 0. The molecule has 0 saturated carbocycles. The van der Waals surface area contributed by atoms with E-state index in [2.05, 4.69) is 9.97 Å². The Bertz CT molecular complexity index is 396. The van der Waals surface area contributed by atoms with Gasteiger partial charge in [0.2, 0.25) is 5.88 Å². The van der Waals surface area contributed by atoms with Crippen LogP contribution in [0, 0.1) is 6.92 Å². The minimum absolute atomic E-state index is 0.209. The third kappa shape index (κ3) is 1.77. The number of nitrogens with zero attached hydrogens (tertiary/aromatic N) is 1. The Balaban J connectivity index is 3.33. The molecule has 0 radical (unpaired) electrons. The van der Waals surface area contributed by atoms with Gasteiger partial charge in [-0.15, -0.1) is 0 Å². The number of hydrogen-bond acceptors (Lipinski definition) is 4. The highest BCUT2D eigenvalue weighted by atomic mass is 16.5. The summed E-state index contributed by atoms with van der Waals surface area (Å²) in [5.74, 6) is 0.0574. The van der Waals surface area contributed by atoms with Crippen molar-refractivity contribution in [2.24, 2.45) is 0 Å². The third-order valence-corrected chi connectivity index (χ3v) is 2.21. The lowest BCUT2D eigenvalue weighted by Gasteiger charge is -2.21. The Hall–Kier alpha value is -1.36. The van der Waals surface area contributed by atoms with Crippen LogP contribution >= 0.6 is 0 Å². The van der Waals surface area contributed by atoms with Crippen molar-refractivity contribution in [3.8, 4) is 5.88 Å². The molecule has 0 spiro atoms. The first-order valence-electron chi connectivity index (χ1n) is 4.24. The van der Waals surface area contributed by atoms with Gasteiger partial charge in [0.25, 0.3) is 5.56 Å². The Kier molecular flexibility index (Phi) is 2.62. The van der Waals surface area contributed by atoms with Gasteiger partial charge >= 0.3 is 0 Å². The topological polar surface area (TPSA) is 75.2 Å². The van der Waals surface area contributed by atoms with Gasteiger partial charge in [0.05, 0.1) is 5.56 Å². The molecule has 1 heterocycles. The van der Waals surface area contributed by atoms with Crippen LogP contribution in [0.2, 0.25) is 0 Å². The van der Waals surface area contributed by atoms with Gasteiger partial charge in [-0.2, -0.15) is 4.98 Å². The van der Waals surface area contributed by atoms with Gasteiger partial charge < -0.3 is 14.8 Å². The van der Waals surface area contributed by atoms with Gasteiger partial charge in [-0.05, 0) is 20.8 Å². The summed E-state index contributed by atoms with van der Waals surface area (Å²) in [6, 6.07) is 0. The molecule has 0 atom stereocenters. The van der Waals surface area contributed by atoms with Gasteiger partial charge in [0.1, 0.15) is 11.4 Å². The minimum atomic E-state index is -0.718. The number of hydrogen-bond donors (Lipinski definition) is 2. The number of nitrogens with one attached hydrogen (secondary N) is 1. The van der Waals surface area contributed by atoms with E-state index in [1.165, 1.54) is 14.0 Å². The molecule has 0 saturated heterocycles. The van der Waals surface area contributed by atoms with E-state index in [1.807, 2.05) is 0 Å². The van der Waals surface area contributed by atoms with Crippen LogP contribution in [0.4, 0.5) is 0 Å². The fraction of sp³-hybridized carbons (Fsp3) is 0.556. The van der Waals surface area contributed by atoms with E-state index in [4.69, 9.17) is 4.74 Å². The zero-order valence-electron chi connectivity index (χ0n) is 8.71. The molecule has 5 nitrogen and oxygen atoms in total. The molecule has 2 N–H and O–H groups in total. The van der Waals surface area contributed by atoms with Crippen LogP contribution in [0.1, 0.15) is 25.2 Å². The highest BCUT2D eigenvalue weighted by Gasteiger charge is 2.23. The summed E-state index contributed by atoms with van der Waals surface area (Å²) < 4.78 is 5.13. The van der Waals surface area contributed by atoms with Crippen LogP contribution in [0.15, 0.2) is 4.79 Å². The lowest BCUT2D eigenvalue weighted by molar-refractivity contribution is 0.0107. The number of H-pyrrole nitrogens is 1. The zero-order valence-corrected chi connectivity index (χ0v) is 8.71. The predicted octanol–water partition coefficient (Wildman–Crippen LogP) is 0.665. The van der Waals surface area contributed by atoms with Crippen molar-refractivity contribution < 1.29 is 9.84 Å². The van der Waals surface area contributed by atoms with E-state index in [0.29, 0.717) is 5.82 Å². The molecule has 78 valence electrons. The second kappa shape index (κ2) is 3.42. The third-order valence-electron chi connectivity index (χ3n) is 2.21. The first kappa shape index (κ1) is 10.7. The van der Waals surface area contributed by atoms with Crippen molar-refractivity contribution in [1.82, 2.24) is 9.97 Å². The zero-order chi connectivity index (χ0) is 10.9. The lowest BCUT2D eigenvalue weighted by atomic mass is 10.1. The molecule has 1 aromatic heterocycles. The Labute approximate surface area is 81.8 Å². The van der Waals surface area contributed by atoms with Crippen molar-refractivity contribution in [2.45, 2.75) is 26.4 Å². The van der Waals surface area contributed by atoms with Crippen molar-refractivity contribution in [1.29, 1.82) is 0 Å². The van der Waals surface area contributed by atoms with Gasteiger partial charge in [0.15, 0.2) is 0 Å². The molecule has 1 aromatic rings. The molecule has 0 bridgehead atoms. The van der Waals surface area contributed by atoms with E-state index in [0.717, 1.165) is 0 Å². The molecule has 5 heteroatoms. The smallest absolute Gasteiger partial charge is 0.257 e. The molecule has 0 aliphatic heterocycles. The summed E-state index contributed by atoms with van der Waals surface area (Å²) in [7, 11) is 1.51. The SMILES string of the molecule is COC(C)(C)c1nc(O)c(C)c(=O)[nH]1. The first-order valence-corrected chi connectivity index (χ1v) is 4.24. The van der Waals surface area contributed by atoms with E-state index in [-0.39, 0.29) is 17.0 Å². The normalized spacial score (nSPS) is 11.7. The summed E-state index contributed by atoms with van der Waals surface area (Å²) in [5.41, 5.74) is -0.858. The average molecular weight is 198 g/mol. The van der Waals surface area contributed by atoms with Crippen molar-refractivity contribution in [2.75, 3.05) is 7.11 Å². The standard InChI is InChI=1S/C9H14N2O3/c1-5-6(12)10-8(11-7(5)13)9(2,3)14-4/h1-4H3,(H2,10,11,12,13). The molecule has 0 aliphatic carbocycles. The average Bonchev–Trinajstić information content (AvgIpc) is 2.13. The van der Waals surface area contributed by atoms with Crippen molar-refractivity contribution in [3.63, 3.8) is 0 Å². The fourth-order valence-electron chi connectivity index (χ4n) is 0.902. The van der Waals surface area contributed by atoms with Crippen LogP contribution in [0.25, 0.3) is 0 Å². The molecule has 1 rings (SSSR count). The first-order chi connectivity index (χ1) is 6.38. The van der Waals surface area contributed by atoms with Crippen LogP contribution in [0.3, 0.4) is 0 Å². The van der Waals surface area contributed by atoms with Crippen LogP contribution in [-0.4, -0.2) is 22.2 Å². The number of aromatic amines is 1. The monoisotopic (exact) mass is 198 g/mol. The second-order valence-electron chi connectivity index (χ2n) is 3.58. The maximum Gasteiger partial charge on any atom is 0.257 e. The number of aromatic nitrogens is 2. The second-order valence-corrected chi connectivity index (χ2v) is 3.58. The van der Waals surface area contributed by atoms with Crippen molar-refractivity contribution >= 4 is 0 Å². The molecular formula is C9H14N2O3. The van der Waals surface area contributed by atoms with E-state index < -0.39 is 5.60 Å². The quantitative estimate of drug-likeness (QED) is 0.732. The minimum Gasteiger partial charge on any atom is -0.493 e. The molecule has 0 aliphatic rings. The number of rotatable bonds is 2. The fourth-order valence-corrected chi connectivity index (χ4v) is 0.902. The summed E-state index contributed by atoms with van der Waals surface area (Å²) in [6.07, 6.45) is 0. The molecule has 14 heavy (non-hydrogen) atoms. The van der Waals surface area contributed by atoms with Crippen LogP contribution in [-0.2, 0) is 10.3 Å². The van der Waals surface area contributed by atoms with E-state index in [9.17, 15) is 9.90 Å². The van der Waals surface area contributed by atoms with Gasteiger partial charge in [0, 0.05) is 7.11 Å². The maximum atomic E-state index is 11.3. The lowest BCUT2D eigenvalue weighted by Crippen LogP contribution is -2.27. The highest BCUT2D eigenvalue weighted by Crippen LogP contribution is 2.20. The highest BCUT2D eigenvalue weighted by molar-refractivity contribution is 5.21. The van der Waals surface area contributed by atoms with E-state index in [1.54, 1.807) is 13.8 Å². The molecule has 0 unspecified atom stereocenters. The summed E-state index contributed by atoms with van der Waals surface area (Å²) in [6.45, 7) is 5.00. The Morgan fingerprint density at radius 1 is 1.50 bits per heavy atom. The molecule has 0 amide bonds. The Morgan fingerprint density at radius 3 is 2.50 bits per heavy atom. The van der Waals surface area contributed by atoms with Crippen LogP contribution < -0.4 is 5.56 Å². The number of aromatic hydroxyl groups is 1. The summed E-state index contributed by atoms with van der Waals surface area (Å²) in [5, 5.41) is 9.35. The number of ether oxygens (including phenoxy) is 1. The molecule has 0 aromatic carbocycles. The van der Waals surface area contributed by atoms with Gasteiger partial charge in [-0.1, -0.05) is 0 Å². The molecule has 0 fully saturated rings. The van der Waals surface area contributed by atoms with Crippen molar-refractivity contribution in [3.05, 3.63) is 21.7 Å². The van der Waals surface area contributed by atoms with E-state index >= 15 is 0 Å². The summed E-state index contributed by atoms with van der Waals surface area (Å²) in [4.78, 5) is 17.7.